The van der Waals surface area contributed by atoms with Gasteiger partial charge in [0.2, 0.25) is 5.91 Å². The van der Waals surface area contributed by atoms with E-state index in [0.717, 1.165) is 81.0 Å². The van der Waals surface area contributed by atoms with E-state index < -0.39 is 0 Å². The zero-order valence-corrected chi connectivity index (χ0v) is 19.9. The molecule has 7 heteroatoms. The van der Waals surface area contributed by atoms with Crippen LogP contribution in [0.3, 0.4) is 0 Å². The van der Waals surface area contributed by atoms with Gasteiger partial charge in [-0.25, -0.2) is 4.98 Å². The average Bonchev–Trinajstić information content (AvgIpc) is 3.47. The fourth-order valence-corrected chi connectivity index (χ4v) is 5.98. The third-order valence-electron chi connectivity index (χ3n) is 7.82. The summed E-state index contributed by atoms with van der Waals surface area (Å²) in [6.07, 6.45) is 8.27. The van der Waals surface area contributed by atoms with Gasteiger partial charge in [-0.3, -0.25) is 4.79 Å². The molecule has 1 saturated carbocycles. The number of ether oxygens (including phenoxy) is 2. The molecule has 1 aromatic carbocycles. The maximum Gasteiger partial charge on any atom is 0.230 e. The molecule has 1 N–H and O–H groups in total. The van der Waals surface area contributed by atoms with Crippen molar-refractivity contribution < 1.29 is 14.3 Å². The van der Waals surface area contributed by atoms with E-state index in [1.807, 2.05) is 11.0 Å². The van der Waals surface area contributed by atoms with Crippen molar-refractivity contribution in [3.63, 3.8) is 0 Å². The minimum atomic E-state index is 0.0346. The minimum Gasteiger partial charge on any atom is -0.378 e. The largest absolute Gasteiger partial charge is 0.378 e. The first-order chi connectivity index (χ1) is 16.7. The van der Waals surface area contributed by atoms with Crippen molar-refractivity contribution in [3.05, 3.63) is 42.1 Å². The van der Waals surface area contributed by atoms with E-state index in [-0.39, 0.29) is 11.8 Å². The molecular weight excluding hydrogens is 428 g/mol. The number of rotatable bonds is 5. The van der Waals surface area contributed by atoms with Gasteiger partial charge < -0.3 is 24.6 Å². The summed E-state index contributed by atoms with van der Waals surface area (Å²) in [5.74, 6) is 1.08. The SMILES string of the molecule is CCCO[C@H]1CC[C@@H](C(=O)N2Cc3cccnc3Nc3ccc(N4C[C@@H]5C[C@H]4CO5)cc32)CC1. The highest BCUT2D eigenvalue weighted by Gasteiger charge is 2.40. The molecule has 1 aromatic heterocycles. The van der Waals surface area contributed by atoms with Crippen molar-refractivity contribution in [2.24, 2.45) is 5.92 Å². The van der Waals surface area contributed by atoms with E-state index in [1.54, 1.807) is 6.20 Å². The predicted molar refractivity (Wildman–Crippen MR) is 133 cm³/mol. The van der Waals surface area contributed by atoms with Crippen LogP contribution in [0.25, 0.3) is 0 Å². The molecule has 4 heterocycles. The van der Waals surface area contributed by atoms with Crippen LogP contribution in [0, 0.1) is 5.92 Å². The summed E-state index contributed by atoms with van der Waals surface area (Å²) in [7, 11) is 0. The lowest BCUT2D eigenvalue weighted by molar-refractivity contribution is -0.124. The maximum atomic E-state index is 14.0. The fraction of sp³-hybridized carbons (Fsp3) is 0.556. The third kappa shape index (κ3) is 4.05. The number of hydrogen-bond acceptors (Lipinski definition) is 6. The molecule has 34 heavy (non-hydrogen) atoms. The van der Waals surface area contributed by atoms with Crippen LogP contribution >= 0.6 is 0 Å². The monoisotopic (exact) mass is 462 g/mol. The number of hydrogen-bond donors (Lipinski definition) is 1. The Balaban J connectivity index is 1.29. The quantitative estimate of drug-likeness (QED) is 0.699. The predicted octanol–water partition coefficient (Wildman–Crippen LogP) is 4.63. The molecule has 1 aliphatic carbocycles. The molecular formula is C27H34N4O3. The molecule has 2 bridgehead atoms. The fourth-order valence-electron chi connectivity index (χ4n) is 5.98. The summed E-state index contributed by atoms with van der Waals surface area (Å²) >= 11 is 0. The first-order valence-electron chi connectivity index (χ1n) is 12.9. The highest BCUT2D eigenvalue weighted by molar-refractivity contribution is 6.00. The Morgan fingerprint density at radius 1 is 1.24 bits per heavy atom. The summed E-state index contributed by atoms with van der Waals surface area (Å²) < 4.78 is 11.8. The van der Waals surface area contributed by atoms with Crippen molar-refractivity contribution in [3.8, 4) is 0 Å². The van der Waals surface area contributed by atoms with E-state index in [0.29, 0.717) is 24.8 Å². The maximum absolute atomic E-state index is 14.0. The second-order valence-electron chi connectivity index (χ2n) is 10.1. The molecule has 3 fully saturated rings. The molecule has 7 nitrogen and oxygen atoms in total. The van der Waals surface area contributed by atoms with Gasteiger partial charge in [-0.15, -0.1) is 0 Å². The van der Waals surface area contributed by atoms with Crippen molar-refractivity contribution in [1.82, 2.24) is 4.98 Å². The molecule has 2 aromatic rings. The second-order valence-corrected chi connectivity index (χ2v) is 10.1. The van der Waals surface area contributed by atoms with Gasteiger partial charge >= 0.3 is 0 Å². The molecule has 6 rings (SSSR count). The van der Waals surface area contributed by atoms with Crippen LogP contribution in [0.1, 0.15) is 51.0 Å². The van der Waals surface area contributed by atoms with Crippen LogP contribution in [0.15, 0.2) is 36.5 Å². The number of pyridine rings is 1. The highest BCUT2D eigenvalue weighted by Crippen LogP contribution is 2.41. The third-order valence-corrected chi connectivity index (χ3v) is 7.82. The summed E-state index contributed by atoms with van der Waals surface area (Å²) in [5.41, 5.74) is 4.11. The van der Waals surface area contributed by atoms with E-state index in [9.17, 15) is 4.79 Å². The first-order valence-corrected chi connectivity index (χ1v) is 12.9. The molecule has 0 radical (unpaired) electrons. The van der Waals surface area contributed by atoms with Gasteiger partial charge in [-0.2, -0.15) is 0 Å². The highest BCUT2D eigenvalue weighted by atomic mass is 16.5. The summed E-state index contributed by atoms with van der Waals surface area (Å²) in [6.45, 7) is 5.20. The lowest BCUT2D eigenvalue weighted by Crippen LogP contribution is -2.39. The number of aromatic nitrogens is 1. The number of morpholine rings is 1. The van der Waals surface area contributed by atoms with E-state index in [4.69, 9.17) is 9.47 Å². The van der Waals surface area contributed by atoms with Gasteiger partial charge in [0.25, 0.3) is 0 Å². The summed E-state index contributed by atoms with van der Waals surface area (Å²) in [6, 6.07) is 10.9. The van der Waals surface area contributed by atoms with Crippen LogP contribution in [0.2, 0.25) is 0 Å². The lowest BCUT2D eigenvalue weighted by Gasteiger charge is -2.33. The Morgan fingerprint density at radius 3 is 2.88 bits per heavy atom. The first kappa shape index (κ1) is 21.9. The molecule has 3 aliphatic heterocycles. The topological polar surface area (TPSA) is 66.9 Å². The zero-order chi connectivity index (χ0) is 23.1. The van der Waals surface area contributed by atoms with E-state index >= 15 is 0 Å². The zero-order valence-electron chi connectivity index (χ0n) is 19.9. The molecule has 0 unspecified atom stereocenters. The number of anilines is 4. The van der Waals surface area contributed by atoms with Gasteiger partial charge in [0.15, 0.2) is 0 Å². The van der Waals surface area contributed by atoms with Crippen LogP contribution in [-0.2, 0) is 20.8 Å². The number of benzene rings is 1. The van der Waals surface area contributed by atoms with Gasteiger partial charge in [0.05, 0.1) is 42.8 Å². The average molecular weight is 463 g/mol. The van der Waals surface area contributed by atoms with Crippen molar-refractivity contribution in [1.29, 1.82) is 0 Å². The van der Waals surface area contributed by atoms with Gasteiger partial charge in [-0.1, -0.05) is 13.0 Å². The smallest absolute Gasteiger partial charge is 0.230 e. The van der Waals surface area contributed by atoms with Crippen LogP contribution in [-0.4, -0.2) is 48.9 Å². The molecule has 0 spiro atoms. The van der Waals surface area contributed by atoms with Crippen molar-refractivity contribution in [2.45, 2.75) is 70.2 Å². The molecule has 180 valence electrons. The van der Waals surface area contributed by atoms with Crippen molar-refractivity contribution >= 4 is 28.8 Å². The number of carbonyl (C=O) groups excluding carboxylic acids is 1. The molecule has 2 atom stereocenters. The Labute approximate surface area is 201 Å². The Hall–Kier alpha value is -2.64. The van der Waals surface area contributed by atoms with E-state index in [2.05, 4.69) is 46.4 Å². The Morgan fingerprint density at radius 2 is 2.12 bits per heavy atom. The summed E-state index contributed by atoms with van der Waals surface area (Å²) in [5, 5.41) is 3.50. The van der Waals surface area contributed by atoms with Gasteiger partial charge in [0.1, 0.15) is 5.82 Å². The minimum absolute atomic E-state index is 0.0346. The number of nitrogens with zero attached hydrogens (tertiary/aromatic N) is 3. The standard InChI is InChI=1S/C27H34N4O3/c1-2-12-33-22-8-5-18(6-9-22)27(32)31-15-19-4-3-11-28-26(19)29-24-10-7-20(14-25(24)31)30-16-23-13-21(30)17-34-23/h3-4,7,10-11,14,18,21-23H,2,5-6,8-9,12-13,15-17H2,1H3,(H,28,29)/t18-,21-,22+,23-/m0/s1. The Bertz CT molecular complexity index is 1050. The Kier molecular flexibility index (Phi) is 5.91. The normalized spacial score (nSPS) is 27.7. The molecule has 4 aliphatic rings. The molecule has 2 saturated heterocycles. The number of fused-ring (bicyclic) bond motifs is 4. The number of nitrogens with one attached hydrogen (secondary N) is 1. The van der Waals surface area contributed by atoms with E-state index in [1.165, 1.54) is 5.69 Å². The summed E-state index contributed by atoms with van der Waals surface area (Å²) in [4.78, 5) is 23.0. The van der Waals surface area contributed by atoms with Gasteiger partial charge in [0, 0.05) is 36.5 Å². The number of amides is 1. The van der Waals surface area contributed by atoms with Crippen molar-refractivity contribution in [2.75, 3.05) is 34.9 Å². The van der Waals surface area contributed by atoms with Crippen LogP contribution in [0.4, 0.5) is 22.9 Å². The lowest BCUT2D eigenvalue weighted by atomic mass is 9.86. The second kappa shape index (κ2) is 9.19. The van der Waals surface area contributed by atoms with Gasteiger partial charge in [-0.05, 0) is 62.8 Å². The molecule has 1 amide bonds. The number of carbonyl (C=O) groups is 1. The van der Waals surface area contributed by atoms with Crippen LogP contribution in [0.5, 0.6) is 0 Å². The van der Waals surface area contributed by atoms with Crippen LogP contribution < -0.4 is 15.1 Å².